The molecule has 0 amide bonds. The van der Waals surface area contributed by atoms with Crippen LogP contribution in [0.2, 0.25) is 0 Å². The number of hydrogen-bond acceptors (Lipinski definition) is 10. The third-order valence-electron chi connectivity index (χ3n) is 13.6. The number of aliphatic hydroxyl groups is 1. The number of phosphoric ester groups is 1. The first-order valence-corrected chi connectivity index (χ1v) is 32.4. The van der Waals surface area contributed by atoms with E-state index in [1.807, 2.05) is 0 Å². The van der Waals surface area contributed by atoms with Crippen LogP contribution in [0.25, 0.3) is 0 Å². The highest BCUT2D eigenvalue weighted by Crippen LogP contribution is 2.43. The van der Waals surface area contributed by atoms with Crippen molar-refractivity contribution in [2.75, 3.05) is 26.4 Å². The number of allylic oxidation sites excluding steroid dienone is 6. The summed E-state index contributed by atoms with van der Waals surface area (Å²) in [6, 6.07) is 0. The molecule has 0 rings (SSSR count). The smallest absolute Gasteiger partial charge is 0.462 e. The molecule has 12 heteroatoms. The number of esters is 3. The van der Waals surface area contributed by atoms with Crippen molar-refractivity contribution in [2.24, 2.45) is 0 Å². The van der Waals surface area contributed by atoms with Crippen molar-refractivity contribution in [3.05, 3.63) is 36.5 Å². The second-order valence-corrected chi connectivity index (χ2v) is 22.3. The maximum absolute atomic E-state index is 12.9. The maximum Gasteiger partial charge on any atom is 0.472 e. The Kier molecular flexibility index (Phi) is 55.1. The van der Waals surface area contributed by atoms with E-state index >= 15 is 0 Å². The quantitative estimate of drug-likeness (QED) is 0.0197. The summed E-state index contributed by atoms with van der Waals surface area (Å²) in [5.41, 5.74) is 0. The lowest BCUT2D eigenvalue weighted by atomic mass is 10.0. The molecule has 3 atom stereocenters. The number of carbonyl (C=O) groups is 3. The van der Waals surface area contributed by atoms with Gasteiger partial charge in [-0.1, -0.05) is 263 Å². The van der Waals surface area contributed by atoms with Crippen molar-refractivity contribution in [2.45, 2.75) is 315 Å². The van der Waals surface area contributed by atoms with Crippen LogP contribution in [0.4, 0.5) is 0 Å². The monoisotopic (exact) mass is 1070 g/mol. The summed E-state index contributed by atoms with van der Waals surface area (Å²) in [6.07, 6.45) is 59.5. The Morgan fingerprint density at radius 1 is 0.378 bits per heavy atom. The molecule has 74 heavy (non-hydrogen) atoms. The van der Waals surface area contributed by atoms with Crippen molar-refractivity contribution in [1.29, 1.82) is 0 Å². The fraction of sp³-hybridized carbons (Fsp3) is 0.855. The van der Waals surface area contributed by atoms with E-state index in [0.29, 0.717) is 19.3 Å². The highest BCUT2D eigenvalue weighted by molar-refractivity contribution is 7.47. The van der Waals surface area contributed by atoms with Crippen molar-refractivity contribution < 1.29 is 52.2 Å². The minimum Gasteiger partial charge on any atom is -0.462 e. The van der Waals surface area contributed by atoms with Crippen LogP contribution in [-0.2, 0) is 42.2 Å². The zero-order valence-corrected chi connectivity index (χ0v) is 49.0. The fourth-order valence-electron chi connectivity index (χ4n) is 8.84. The fourth-order valence-corrected chi connectivity index (χ4v) is 9.62. The van der Waals surface area contributed by atoms with Crippen LogP contribution in [-0.4, -0.2) is 66.5 Å². The first-order valence-electron chi connectivity index (χ1n) is 30.9. The Morgan fingerprint density at radius 3 is 1.04 bits per heavy atom. The summed E-state index contributed by atoms with van der Waals surface area (Å²) in [6.45, 7) is 4.66. The summed E-state index contributed by atoms with van der Waals surface area (Å²) < 4.78 is 39.6. The van der Waals surface area contributed by atoms with Crippen LogP contribution in [0.15, 0.2) is 36.5 Å². The van der Waals surface area contributed by atoms with E-state index < -0.39 is 57.8 Å². The van der Waals surface area contributed by atoms with Gasteiger partial charge in [0.05, 0.1) is 19.8 Å². The molecule has 0 bridgehead atoms. The molecule has 0 spiro atoms. The Morgan fingerprint density at radius 2 is 0.662 bits per heavy atom. The van der Waals surface area contributed by atoms with Gasteiger partial charge in [0, 0.05) is 19.3 Å². The number of hydrogen-bond donors (Lipinski definition) is 2. The van der Waals surface area contributed by atoms with Crippen LogP contribution in [0.3, 0.4) is 0 Å². The van der Waals surface area contributed by atoms with Crippen molar-refractivity contribution in [3.63, 3.8) is 0 Å². The Labute approximate surface area is 454 Å². The summed E-state index contributed by atoms with van der Waals surface area (Å²) in [7, 11) is -4.75. The van der Waals surface area contributed by atoms with E-state index in [-0.39, 0.29) is 25.9 Å². The molecular formula is C62H115O11P. The predicted octanol–water partition coefficient (Wildman–Crippen LogP) is 18.4. The van der Waals surface area contributed by atoms with Gasteiger partial charge in [-0.25, -0.2) is 4.57 Å². The molecule has 0 aromatic heterocycles. The molecule has 11 nitrogen and oxygen atoms in total. The molecule has 0 aliphatic carbocycles. The Balaban J connectivity index is 4.68. The zero-order valence-electron chi connectivity index (χ0n) is 48.1. The van der Waals surface area contributed by atoms with Crippen molar-refractivity contribution in [3.8, 4) is 0 Å². The van der Waals surface area contributed by atoms with Gasteiger partial charge in [0.1, 0.15) is 12.7 Å². The number of aliphatic hydroxyl groups excluding tert-OH is 1. The average Bonchev–Trinajstić information content (AvgIpc) is 3.39. The minimum absolute atomic E-state index is 0.157. The summed E-state index contributed by atoms with van der Waals surface area (Å²) in [5.74, 6) is -1.45. The molecule has 2 N–H and O–H groups in total. The van der Waals surface area contributed by atoms with Gasteiger partial charge in [-0.05, 0) is 57.8 Å². The second kappa shape index (κ2) is 56.9. The van der Waals surface area contributed by atoms with E-state index in [9.17, 15) is 28.9 Å². The SMILES string of the molecule is CCCCC/C=C\C/C=C\C/C=C\CCCCCCCCC(=O)OC(COC(=O)CCCCCCCCCCCCCCC)COP(=O)(O)OCC(CO)OC(=O)CCCCCCCCCCCCCCCCC. The second-order valence-electron chi connectivity index (χ2n) is 20.9. The molecule has 434 valence electrons. The highest BCUT2D eigenvalue weighted by atomic mass is 31.2. The standard InChI is InChI=1S/C62H115O11P/c1-4-7-10-13-16-19-22-25-27-28-29-30-32-35-38-41-44-47-50-53-62(66)73-59(55-69-60(64)51-48-45-42-39-36-33-24-21-18-15-12-9-6-3)57-71-74(67,68)70-56-58(54-63)72-61(65)52-49-46-43-40-37-34-31-26-23-20-17-14-11-8-5-2/h16,19,25,27,29-30,58-59,63H,4-15,17-18,20-24,26,28,31-57H2,1-3H3,(H,67,68)/b19-16-,27-25-,30-29-. The predicted molar refractivity (Wildman–Crippen MR) is 307 cm³/mol. The Bertz CT molecular complexity index is 1380. The lowest BCUT2D eigenvalue weighted by molar-refractivity contribution is -0.161. The van der Waals surface area contributed by atoms with E-state index in [4.69, 9.17) is 23.3 Å². The third kappa shape index (κ3) is 54.5. The molecular weight excluding hydrogens is 952 g/mol. The highest BCUT2D eigenvalue weighted by Gasteiger charge is 2.28. The van der Waals surface area contributed by atoms with Crippen LogP contribution >= 0.6 is 7.82 Å². The van der Waals surface area contributed by atoms with Gasteiger partial charge >= 0.3 is 25.7 Å². The van der Waals surface area contributed by atoms with Gasteiger partial charge in [-0.3, -0.25) is 23.4 Å². The first kappa shape index (κ1) is 71.7. The average molecular weight is 1070 g/mol. The minimum atomic E-state index is -4.75. The number of ether oxygens (including phenoxy) is 3. The molecule has 0 aliphatic rings. The molecule has 0 aromatic rings. The van der Waals surface area contributed by atoms with Crippen molar-refractivity contribution in [1.82, 2.24) is 0 Å². The van der Waals surface area contributed by atoms with Crippen LogP contribution in [0.1, 0.15) is 303 Å². The topological polar surface area (TPSA) is 155 Å². The normalized spacial score (nSPS) is 13.5. The molecule has 0 aromatic carbocycles. The number of unbranched alkanes of at least 4 members (excludes halogenated alkanes) is 35. The molecule has 0 heterocycles. The van der Waals surface area contributed by atoms with Gasteiger partial charge < -0.3 is 24.2 Å². The lowest BCUT2D eigenvalue weighted by Crippen LogP contribution is -2.30. The Hall–Kier alpha value is -2.30. The molecule has 0 aliphatic heterocycles. The largest absolute Gasteiger partial charge is 0.472 e. The van der Waals surface area contributed by atoms with Gasteiger partial charge in [0.15, 0.2) is 6.10 Å². The summed E-state index contributed by atoms with van der Waals surface area (Å²) >= 11 is 0. The van der Waals surface area contributed by atoms with Gasteiger partial charge in [-0.2, -0.15) is 0 Å². The molecule has 3 unspecified atom stereocenters. The summed E-state index contributed by atoms with van der Waals surface area (Å²) in [4.78, 5) is 48.6. The van der Waals surface area contributed by atoms with E-state index in [0.717, 1.165) is 89.9 Å². The van der Waals surface area contributed by atoms with E-state index in [2.05, 4.69) is 57.2 Å². The molecule has 0 saturated heterocycles. The van der Waals surface area contributed by atoms with Gasteiger partial charge in [0.25, 0.3) is 0 Å². The molecule has 0 radical (unpaired) electrons. The van der Waals surface area contributed by atoms with Crippen LogP contribution in [0.5, 0.6) is 0 Å². The van der Waals surface area contributed by atoms with Gasteiger partial charge in [0.2, 0.25) is 0 Å². The van der Waals surface area contributed by atoms with Gasteiger partial charge in [-0.15, -0.1) is 0 Å². The molecule has 0 saturated carbocycles. The molecule has 0 fully saturated rings. The lowest BCUT2D eigenvalue weighted by Gasteiger charge is -2.21. The number of phosphoric acid groups is 1. The van der Waals surface area contributed by atoms with E-state index in [1.54, 1.807) is 0 Å². The van der Waals surface area contributed by atoms with Crippen LogP contribution in [0, 0.1) is 0 Å². The van der Waals surface area contributed by atoms with Crippen molar-refractivity contribution >= 4 is 25.7 Å². The van der Waals surface area contributed by atoms with E-state index in [1.165, 1.54) is 154 Å². The van der Waals surface area contributed by atoms with Crippen LogP contribution < -0.4 is 0 Å². The number of carbonyl (C=O) groups excluding carboxylic acids is 3. The maximum atomic E-state index is 12.9. The zero-order chi connectivity index (χ0) is 54.1. The number of rotatable bonds is 58. The first-order chi connectivity index (χ1) is 36.2. The summed E-state index contributed by atoms with van der Waals surface area (Å²) in [5, 5.41) is 9.83. The third-order valence-corrected chi connectivity index (χ3v) is 14.5.